The van der Waals surface area contributed by atoms with Crippen LogP contribution in [-0.4, -0.2) is 22.3 Å². The maximum atomic E-state index is 9.96. The molecule has 1 saturated carbocycles. The number of aliphatic hydroxyl groups excluding tert-OH is 1. The minimum absolute atomic E-state index is 0.0623. The van der Waals surface area contributed by atoms with Crippen LogP contribution in [-0.2, 0) is 6.54 Å². The summed E-state index contributed by atoms with van der Waals surface area (Å²) < 4.78 is 5.90. The zero-order valence-electron chi connectivity index (χ0n) is 12.8. The van der Waals surface area contributed by atoms with Gasteiger partial charge in [0.2, 0.25) is 0 Å². The van der Waals surface area contributed by atoms with Crippen molar-refractivity contribution in [3.63, 3.8) is 0 Å². The van der Waals surface area contributed by atoms with Crippen LogP contribution in [0.1, 0.15) is 35.6 Å². The van der Waals surface area contributed by atoms with E-state index in [1.165, 1.54) is 4.88 Å². The number of nitrogens with one attached hydrogen (secondary N) is 1. The topological polar surface area (TPSA) is 54.4 Å². The minimum Gasteiger partial charge on any atom is -0.488 e. The lowest BCUT2D eigenvalue weighted by atomic mass is 9.95. The van der Waals surface area contributed by atoms with Gasteiger partial charge in [0.15, 0.2) is 0 Å². The van der Waals surface area contributed by atoms with E-state index >= 15 is 0 Å². The molecule has 2 atom stereocenters. The summed E-state index contributed by atoms with van der Waals surface area (Å²) in [7, 11) is 0. The molecule has 1 aliphatic rings. The Hall–Kier alpha value is -1.59. The van der Waals surface area contributed by atoms with Crippen LogP contribution in [0.5, 0.6) is 5.75 Å². The van der Waals surface area contributed by atoms with Crippen molar-refractivity contribution in [1.82, 2.24) is 4.98 Å². The van der Waals surface area contributed by atoms with Crippen LogP contribution in [0, 0.1) is 6.92 Å². The van der Waals surface area contributed by atoms with Crippen molar-refractivity contribution in [2.45, 2.75) is 51.4 Å². The third kappa shape index (κ3) is 3.99. The number of aromatic nitrogens is 1. The van der Waals surface area contributed by atoms with Gasteiger partial charge >= 0.3 is 0 Å². The molecule has 2 N–H and O–H groups in total. The summed E-state index contributed by atoms with van der Waals surface area (Å²) >= 11 is 1.71. The molecule has 1 aromatic carbocycles. The number of aliphatic hydroxyl groups is 1. The molecule has 1 heterocycles. The molecule has 0 amide bonds. The monoisotopic (exact) mass is 318 g/mol. The van der Waals surface area contributed by atoms with Crippen LogP contribution in [0.15, 0.2) is 30.5 Å². The Labute approximate surface area is 135 Å². The summed E-state index contributed by atoms with van der Waals surface area (Å²) in [5.74, 6) is 0.824. The fraction of sp³-hybridized carbons (Fsp3) is 0.471. The number of ether oxygens (including phenoxy) is 1. The second-order valence-electron chi connectivity index (χ2n) is 5.73. The number of nitrogens with zero attached hydrogens (tertiary/aromatic N) is 1. The normalized spacial score (nSPS) is 21.5. The van der Waals surface area contributed by atoms with Gasteiger partial charge in [-0.15, -0.1) is 11.3 Å². The molecule has 0 spiro atoms. The molecule has 118 valence electrons. The summed E-state index contributed by atoms with van der Waals surface area (Å²) in [5.41, 5.74) is 1.06. The van der Waals surface area contributed by atoms with Crippen LogP contribution < -0.4 is 10.1 Å². The van der Waals surface area contributed by atoms with Gasteiger partial charge in [-0.25, -0.2) is 4.98 Å². The first-order chi connectivity index (χ1) is 10.7. The highest BCUT2D eigenvalue weighted by molar-refractivity contribution is 7.11. The summed E-state index contributed by atoms with van der Waals surface area (Å²) in [6.45, 7) is 2.80. The molecule has 0 bridgehead atoms. The average Bonchev–Trinajstić information content (AvgIpc) is 2.94. The van der Waals surface area contributed by atoms with E-state index < -0.39 is 0 Å². The largest absolute Gasteiger partial charge is 0.488 e. The highest BCUT2D eigenvalue weighted by Crippen LogP contribution is 2.25. The SMILES string of the molecule is Cc1ncc(CNc2ccc(OC3CCCCC3O)cc2)s1. The second-order valence-corrected chi connectivity index (χ2v) is 7.05. The van der Waals surface area contributed by atoms with Crippen LogP contribution in [0.3, 0.4) is 0 Å². The van der Waals surface area contributed by atoms with Gasteiger partial charge in [-0.2, -0.15) is 0 Å². The second kappa shape index (κ2) is 7.11. The predicted molar refractivity (Wildman–Crippen MR) is 89.5 cm³/mol. The van der Waals surface area contributed by atoms with Gasteiger partial charge in [-0.3, -0.25) is 0 Å². The van der Waals surface area contributed by atoms with E-state index in [-0.39, 0.29) is 12.2 Å². The highest BCUT2D eigenvalue weighted by atomic mass is 32.1. The molecule has 0 aliphatic heterocycles. The van der Waals surface area contributed by atoms with E-state index in [1.807, 2.05) is 37.4 Å². The van der Waals surface area contributed by atoms with E-state index in [4.69, 9.17) is 4.74 Å². The molecular formula is C17H22N2O2S. The van der Waals surface area contributed by atoms with Gasteiger partial charge in [-0.1, -0.05) is 6.42 Å². The third-order valence-electron chi connectivity index (χ3n) is 3.95. The predicted octanol–water partition coefficient (Wildman–Crippen LogP) is 3.75. The molecule has 2 unspecified atom stereocenters. The van der Waals surface area contributed by atoms with Crippen molar-refractivity contribution in [3.05, 3.63) is 40.3 Å². The summed E-state index contributed by atoms with van der Waals surface area (Å²) in [6.07, 6.45) is 5.53. The molecule has 3 rings (SSSR count). The highest BCUT2D eigenvalue weighted by Gasteiger charge is 2.24. The van der Waals surface area contributed by atoms with Crippen LogP contribution >= 0.6 is 11.3 Å². The lowest BCUT2D eigenvalue weighted by Gasteiger charge is -2.28. The Kier molecular flexibility index (Phi) is 4.95. The third-order valence-corrected chi connectivity index (χ3v) is 4.86. The molecule has 5 heteroatoms. The molecule has 2 aromatic rings. The fourth-order valence-electron chi connectivity index (χ4n) is 2.72. The van der Waals surface area contributed by atoms with E-state index in [0.717, 1.165) is 48.7 Å². The molecule has 0 saturated heterocycles. The quantitative estimate of drug-likeness (QED) is 0.881. The Morgan fingerprint density at radius 3 is 2.73 bits per heavy atom. The molecule has 22 heavy (non-hydrogen) atoms. The number of thiazole rings is 1. The number of rotatable bonds is 5. The molecule has 0 radical (unpaired) electrons. The van der Waals surface area contributed by atoms with Crippen molar-refractivity contribution < 1.29 is 9.84 Å². The Balaban J connectivity index is 1.53. The summed E-state index contributed by atoms with van der Waals surface area (Å²) in [6, 6.07) is 7.94. The van der Waals surface area contributed by atoms with Gasteiger partial charge in [0.1, 0.15) is 11.9 Å². The van der Waals surface area contributed by atoms with Crippen molar-refractivity contribution >= 4 is 17.0 Å². The van der Waals surface area contributed by atoms with E-state index in [1.54, 1.807) is 11.3 Å². The summed E-state index contributed by atoms with van der Waals surface area (Å²) in [5, 5.41) is 14.4. The first kappa shape index (κ1) is 15.3. The number of hydrogen-bond donors (Lipinski definition) is 2. The molecule has 1 aliphatic carbocycles. The standard InChI is InChI=1S/C17H22N2O2S/c1-12-18-10-15(22-12)11-19-13-6-8-14(9-7-13)21-17-5-3-2-4-16(17)20/h6-10,16-17,19-20H,2-5,11H2,1H3. The number of benzene rings is 1. The van der Waals surface area contributed by atoms with Gasteiger partial charge in [-0.05, 0) is 50.5 Å². The van der Waals surface area contributed by atoms with E-state index in [9.17, 15) is 5.11 Å². The zero-order chi connectivity index (χ0) is 15.4. The van der Waals surface area contributed by atoms with Crippen LogP contribution in [0.4, 0.5) is 5.69 Å². The Morgan fingerprint density at radius 2 is 2.05 bits per heavy atom. The lowest BCUT2D eigenvalue weighted by Crippen LogP contribution is -2.34. The molecule has 1 fully saturated rings. The minimum atomic E-state index is -0.332. The average molecular weight is 318 g/mol. The molecule has 1 aromatic heterocycles. The number of hydrogen-bond acceptors (Lipinski definition) is 5. The van der Waals surface area contributed by atoms with E-state index in [0.29, 0.717) is 0 Å². The first-order valence-corrected chi connectivity index (χ1v) is 8.62. The smallest absolute Gasteiger partial charge is 0.124 e. The van der Waals surface area contributed by atoms with Crippen molar-refractivity contribution in [1.29, 1.82) is 0 Å². The lowest BCUT2D eigenvalue weighted by molar-refractivity contribution is 0.00688. The number of aryl methyl sites for hydroxylation is 1. The van der Waals surface area contributed by atoms with Crippen LogP contribution in [0.25, 0.3) is 0 Å². The van der Waals surface area contributed by atoms with Gasteiger partial charge in [0.05, 0.1) is 17.7 Å². The molecular weight excluding hydrogens is 296 g/mol. The van der Waals surface area contributed by atoms with Gasteiger partial charge in [0, 0.05) is 16.8 Å². The Morgan fingerprint density at radius 1 is 1.27 bits per heavy atom. The van der Waals surface area contributed by atoms with Gasteiger partial charge in [0.25, 0.3) is 0 Å². The van der Waals surface area contributed by atoms with E-state index in [2.05, 4.69) is 10.3 Å². The van der Waals surface area contributed by atoms with Crippen molar-refractivity contribution in [2.75, 3.05) is 5.32 Å². The van der Waals surface area contributed by atoms with Crippen molar-refractivity contribution in [2.24, 2.45) is 0 Å². The maximum Gasteiger partial charge on any atom is 0.124 e. The zero-order valence-corrected chi connectivity index (χ0v) is 13.6. The van der Waals surface area contributed by atoms with Crippen molar-refractivity contribution in [3.8, 4) is 5.75 Å². The van der Waals surface area contributed by atoms with Gasteiger partial charge < -0.3 is 15.2 Å². The van der Waals surface area contributed by atoms with Crippen LogP contribution in [0.2, 0.25) is 0 Å². The first-order valence-electron chi connectivity index (χ1n) is 7.81. The Bertz CT molecular complexity index is 597. The molecule has 4 nitrogen and oxygen atoms in total. The number of anilines is 1. The fourth-order valence-corrected chi connectivity index (χ4v) is 3.45. The maximum absolute atomic E-state index is 9.96. The summed E-state index contributed by atoms with van der Waals surface area (Å²) in [4.78, 5) is 5.48.